The van der Waals surface area contributed by atoms with Crippen LogP contribution in [0.15, 0.2) is 24.4 Å². The third-order valence-corrected chi connectivity index (χ3v) is 2.57. The molecule has 0 saturated carbocycles. The van der Waals surface area contributed by atoms with Gasteiger partial charge in [0.1, 0.15) is 5.69 Å². The highest BCUT2D eigenvalue weighted by atomic mass is 32.2. The smallest absolute Gasteiger partial charge is 0.254 e. The summed E-state index contributed by atoms with van der Waals surface area (Å²) in [6, 6.07) is 3.71. The minimum Gasteiger partial charge on any atom is -0.254 e. The number of pyridine rings is 1. The fraction of sp³-hybridized carbons (Fsp3) is 0.286. The van der Waals surface area contributed by atoms with Crippen molar-refractivity contribution in [1.82, 2.24) is 4.98 Å². The average molecular weight is 207 g/mol. The molecule has 3 nitrogen and oxygen atoms in total. The predicted molar refractivity (Wildman–Crippen MR) is 43.0 cm³/mol. The van der Waals surface area contributed by atoms with E-state index in [-0.39, 0.29) is 0 Å². The summed E-state index contributed by atoms with van der Waals surface area (Å²) in [4.78, 5) is 3.29. The molecule has 0 unspecified atom stereocenters. The van der Waals surface area contributed by atoms with Crippen molar-refractivity contribution in [3.63, 3.8) is 0 Å². The van der Waals surface area contributed by atoms with Gasteiger partial charge in [0.25, 0.3) is 0 Å². The van der Waals surface area contributed by atoms with Crippen molar-refractivity contribution in [3.8, 4) is 0 Å². The van der Waals surface area contributed by atoms with Gasteiger partial charge in [-0.15, -0.1) is 0 Å². The van der Waals surface area contributed by atoms with Crippen LogP contribution in [0.4, 0.5) is 8.78 Å². The lowest BCUT2D eigenvalue weighted by Crippen LogP contribution is -2.25. The molecule has 0 aliphatic heterocycles. The third-order valence-electron chi connectivity index (χ3n) is 1.43. The SMILES string of the molecule is CS(=O)(=O)C(F)(F)c1ccccn1. The van der Waals surface area contributed by atoms with Crippen LogP contribution in [0, 0.1) is 0 Å². The third kappa shape index (κ3) is 1.82. The maximum absolute atomic E-state index is 13.0. The Morgan fingerprint density at radius 1 is 1.38 bits per heavy atom. The Morgan fingerprint density at radius 3 is 2.38 bits per heavy atom. The minimum atomic E-state index is -4.45. The van der Waals surface area contributed by atoms with Gasteiger partial charge in [0, 0.05) is 12.5 Å². The number of hydrogen-bond donors (Lipinski definition) is 0. The lowest BCUT2D eigenvalue weighted by molar-refractivity contribution is 0.0865. The summed E-state index contributed by atoms with van der Waals surface area (Å²) in [5, 5.41) is -3.91. The molecule has 0 radical (unpaired) electrons. The van der Waals surface area contributed by atoms with Crippen LogP contribution in [0.5, 0.6) is 0 Å². The molecule has 0 bridgehead atoms. The Morgan fingerprint density at radius 2 is 2.00 bits per heavy atom. The van der Waals surface area contributed by atoms with Gasteiger partial charge >= 0.3 is 5.25 Å². The fourth-order valence-corrected chi connectivity index (χ4v) is 1.23. The summed E-state index contributed by atoms with van der Waals surface area (Å²) in [6.45, 7) is 0. The fourth-order valence-electron chi connectivity index (χ4n) is 0.725. The van der Waals surface area contributed by atoms with E-state index in [1.807, 2.05) is 0 Å². The number of sulfone groups is 1. The van der Waals surface area contributed by atoms with Gasteiger partial charge in [-0.05, 0) is 12.1 Å². The highest BCUT2D eigenvalue weighted by molar-refractivity contribution is 7.91. The molecule has 0 spiro atoms. The molecule has 1 aromatic heterocycles. The molecule has 0 saturated heterocycles. The van der Waals surface area contributed by atoms with Gasteiger partial charge in [-0.1, -0.05) is 6.07 Å². The van der Waals surface area contributed by atoms with E-state index < -0.39 is 20.8 Å². The normalized spacial score (nSPS) is 12.8. The van der Waals surface area contributed by atoms with Gasteiger partial charge in [0.2, 0.25) is 9.84 Å². The maximum atomic E-state index is 13.0. The number of rotatable bonds is 2. The second kappa shape index (κ2) is 3.02. The van der Waals surface area contributed by atoms with Crippen molar-refractivity contribution in [2.75, 3.05) is 6.26 Å². The zero-order valence-corrected chi connectivity index (χ0v) is 7.55. The summed E-state index contributed by atoms with van der Waals surface area (Å²) in [5.41, 5.74) is -0.752. The molecule has 6 heteroatoms. The van der Waals surface area contributed by atoms with Crippen LogP contribution < -0.4 is 0 Å². The Hall–Kier alpha value is -1.04. The predicted octanol–water partition coefficient (Wildman–Crippen LogP) is 1.18. The number of alkyl halides is 2. The van der Waals surface area contributed by atoms with Crippen LogP contribution in [0.3, 0.4) is 0 Å². The monoisotopic (exact) mass is 207 g/mol. The zero-order valence-electron chi connectivity index (χ0n) is 6.74. The van der Waals surface area contributed by atoms with Gasteiger partial charge in [-0.25, -0.2) is 8.42 Å². The number of nitrogens with zero attached hydrogens (tertiary/aromatic N) is 1. The molecular formula is C7H7F2NO2S. The molecule has 13 heavy (non-hydrogen) atoms. The van der Waals surface area contributed by atoms with E-state index in [9.17, 15) is 17.2 Å². The minimum absolute atomic E-state index is 0.474. The van der Waals surface area contributed by atoms with E-state index in [0.29, 0.717) is 6.26 Å². The first-order valence-corrected chi connectivity index (χ1v) is 5.24. The van der Waals surface area contributed by atoms with Crippen LogP contribution in [-0.4, -0.2) is 19.7 Å². The van der Waals surface area contributed by atoms with Crippen molar-refractivity contribution in [3.05, 3.63) is 30.1 Å². The first-order valence-electron chi connectivity index (χ1n) is 3.34. The first kappa shape index (κ1) is 10.0. The molecule has 0 aliphatic rings. The van der Waals surface area contributed by atoms with Crippen molar-refractivity contribution in [1.29, 1.82) is 0 Å². The molecule has 0 N–H and O–H groups in total. The number of aromatic nitrogens is 1. The van der Waals surface area contributed by atoms with E-state index in [1.54, 1.807) is 0 Å². The summed E-state index contributed by atoms with van der Waals surface area (Å²) < 4.78 is 47.4. The molecule has 72 valence electrons. The standard InChI is InChI=1S/C7H7F2NO2S/c1-13(11,12)7(8,9)6-4-2-3-5-10-6/h2-5H,1H3. The molecule has 0 atom stereocenters. The molecule has 0 fully saturated rings. The van der Waals surface area contributed by atoms with Gasteiger partial charge in [0.05, 0.1) is 0 Å². The molecule has 0 aromatic carbocycles. The van der Waals surface area contributed by atoms with E-state index in [0.717, 1.165) is 12.3 Å². The number of halogens is 2. The summed E-state index contributed by atoms with van der Waals surface area (Å²) >= 11 is 0. The average Bonchev–Trinajstić information content (AvgIpc) is 2.04. The van der Waals surface area contributed by atoms with Crippen molar-refractivity contribution >= 4 is 9.84 Å². The van der Waals surface area contributed by atoms with Crippen LogP contribution >= 0.6 is 0 Å². The van der Waals surface area contributed by atoms with Crippen LogP contribution in [-0.2, 0) is 15.1 Å². The molecule has 0 amide bonds. The molecule has 1 heterocycles. The second-order valence-electron chi connectivity index (χ2n) is 2.50. The molecule has 1 aromatic rings. The van der Waals surface area contributed by atoms with Crippen molar-refractivity contribution in [2.45, 2.75) is 5.25 Å². The zero-order chi connectivity index (χ0) is 10.1. The highest BCUT2D eigenvalue weighted by Gasteiger charge is 2.44. The maximum Gasteiger partial charge on any atom is 0.386 e. The Bertz CT molecular complexity index is 388. The van der Waals surface area contributed by atoms with Crippen LogP contribution in [0.2, 0.25) is 0 Å². The number of hydrogen-bond acceptors (Lipinski definition) is 3. The van der Waals surface area contributed by atoms with E-state index in [2.05, 4.69) is 4.98 Å². The van der Waals surface area contributed by atoms with E-state index >= 15 is 0 Å². The first-order chi connectivity index (χ1) is 5.86. The Balaban J connectivity index is 3.24. The second-order valence-corrected chi connectivity index (χ2v) is 4.56. The van der Waals surface area contributed by atoms with Gasteiger partial charge in [0.15, 0.2) is 0 Å². The van der Waals surface area contributed by atoms with Crippen LogP contribution in [0.1, 0.15) is 5.69 Å². The summed E-state index contributed by atoms with van der Waals surface area (Å²) in [6.07, 6.45) is 1.59. The van der Waals surface area contributed by atoms with Gasteiger partial charge in [-0.2, -0.15) is 8.78 Å². The highest BCUT2D eigenvalue weighted by Crippen LogP contribution is 2.31. The summed E-state index contributed by atoms with van der Waals surface area (Å²) in [7, 11) is -4.45. The quantitative estimate of drug-likeness (QED) is 0.731. The topological polar surface area (TPSA) is 47.0 Å². The lowest BCUT2D eigenvalue weighted by atomic mass is 10.4. The largest absolute Gasteiger partial charge is 0.386 e. The summed E-state index contributed by atoms with van der Waals surface area (Å²) in [5.74, 6) is 0. The lowest BCUT2D eigenvalue weighted by Gasteiger charge is -2.12. The van der Waals surface area contributed by atoms with E-state index in [4.69, 9.17) is 0 Å². The Labute approximate surface area is 74.3 Å². The van der Waals surface area contributed by atoms with Crippen molar-refractivity contribution in [2.24, 2.45) is 0 Å². The van der Waals surface area contributed by atoms with Crippen molar-refractivity contribution < 1.29 is 17.2 Å². The molecule has 1 rings (SSSR count). The van der Waals surface area contributed by atoms with Gasteiger partial charge < -0.3 is 0 Å². The van der Waals surface area contributed by atoms with Crippen LogP contribution in [0.25, 0.3) is 0 Å². The van der Waals surface area contributed by atoms with Gasteiger partial charge in [-0.3, -0.25) is 4.98 Å². The molecular weight excluding hydrogens is 200 g/mol. The van der Waals surface area contributed by atoms with E-state index in [1.165, 1.54) is 12.1 Å². The molecule has 0 aliphatic carbocycles. The Kier molecular flexibility index (Phi) is 2.34.